The van der Waals surface area contributed by atoms with Gasteiger partial charge in [0.05, 0.1) is 6.26 Å². The average molecular weight is 395 g/mol. The normalized spacial score (nSPS) is 11.6. The molecule has 26 heavy (non-hydrogen) atoms. The van der Waals surface area contributed by atoms with E-state index in [0.717, 1.165) is 23.1 Å². The maximum Gasteiger partial charge on any atom is 0.225 e. The molecule has 0 saturated carbocycles. The topological polar surface area (TPSA) is 66.5 Å². The molecule has 0 atom stereocenters. The van der Waals surface area contributed by atoms with Crippen LogP contribution in [-0.4, -0.2) is 31.4 Å². The third kappa shape index (κ3) is 5.83. The molecule has 0 fully saturated rings. The van der Waals surface area contributed by atoms with E-state index in [0.29, 0.717) is 10.6 Å². The van der Waals surface area contributed by atoms with Crippen molar-refractivity contribution in [2.75, 3.05) is 18.1 Å². The fourth-order valence-electron chi connectivity index (χ4n) is 2.57. The van der Waals surface area contributed by atoms with E-state index in [9.17, 15) is 13.2 Å². The van der Waals surface area contributed by atoms with Gasteiger partial charge in [0.25, 0.3) is 0 Å². The Morgan fingerprint density at radius 1 is 1.15 bits per heavy atom. The lowest BCUT2D eigenvalue weighted by Crippen LogP contribution is -2.32. The lowest BCUT2D eigenvalue weighted by Gasteiger charge is -2.20. The highest BCUT2D eigenvalue weighted by Crippen LogP contribution is 2.19. The third-order valence-electron chi connectivity index (χ3n) is 4.02. The van der Waals surface area contributed by atoms with E-state index in [1.165, 1.54) is 4.31 Å². The Morgan fingerprint density at radius 3 is 2.46 bits per heavy atom. The number of nitrogens with one attached hydrogen (secondary N) is 1. The number of carbonyl (C=O) groups excluding carboxylic acids is 1. The maximum absolute atomic E-state index is 12.2. The first-order chi connectivity index (χ1) is 12.2. The molecule has 0 aliphatic carbocycles. The fourth-order valence-corrected chi connectivity index (χ4v) is 3.56. The average Bonchev–Trinajstić information content (AvgIpc) is 2.54. The van der Waals surface area contributed by atoms with Crippen molar-refractivity contribution in [2.24, 2.45) is 0 Å². The SMILES string of the molecule is Cc1ccc(NC(=O)CCN(Cc2ccccc2Cl)S(C)(=O)=O)c(C)c1. The Kier molecular flexibility index (Phi) is 6.81. The fraction of sp³-hybridized carbons (Fsp3) is 0.316. The van der Waals surface area contributed by atoms with Crippen molar-refractivity contribution in [1.29, 1.82) is 0 Å². The minimum atomic E-state index is -3.47. The zero-order valence-corrected chi connectivity index (χ0v) is 16.7. The Labute approximate surface area is 160 Å². The molecule has 2 aromatic carbocycles. The zero-order chi connectivity index (χ0) is 19.3. The standard InChI is InChI=1S/C19H23ClN2O3S/c1-14-8-9-18(15(2)12-14)21-19(23)10-11-22(26(3,24)25)13-16-6-4-5-7-17(16)20/h4-9,12H,10-11,13H2,1-3H3,(H,21,23). The van der Waals surface area contributed by atoms with Crippen molar-refractivity contribution in [2.45, 2.75) is 26.8 Å². The van der Waals surface area contributed by atoms with Crippen LogP contribution < -0.4 is 5.32 Å². The second-order valence-electron chi connectivity index (χ2n) is 6.30. The number of anilines is 1. The van der Waals surface area contributed by atoms with Gasteiger partial charge in [0.15, 0.2) is 0 Å². The molecule has 0 radical (unpaired) electrons. The molecule has 0 spiro atoms. The number of carbonyl (C=O) groups is 1. The summed E-state index contributed by atoms with van der Waals surface area (Å²) >= 11 is 6.12. The smallest absolute Gasteiger partial charge is 0.225 e. The van der Waals surface area contributed by atoms with E-state index in [2.05, 4.69) is 5.32 Å². The number of benzene rings is 2. The number of nitrogens with zero attached hydrogens (tertiary/aromatic N) is 1. The Bertz CT molecular complexity index is 897. The molecule has 0 aliphatic rings. The van der Waals surface area contributed by atoms with Crippen LogP contribution in [0.5, 0.6) is 0 Å². The van der Waals surface area contributed by atoms with Crippen molar-refractivity contribution in [3.63, 3.8) is 0 Å². The molecule has 140 valence electrons. The van der Waals surface area contributed by atoms with Gasteiger partial charge in [-0.05, 0) is 37.1 Å². The summed E-state index contributed by atoms with van der Waals surface area (Å²) in [7, 11) is -3.47. The molecule has 0 saturated heterocycles. The van der Waals surface area contributed by atoms with E-state index in [1.807, 2.05) is 32.0 Å². The van der Waals surface area contributed by atoms with Crippen LogP contribution in [-0.2, 0) is 21.4 Å². The van der Waals surface area contributed by atoms with Crippen LogP contribution >= 0.6 is 11.6 Å². The van der Waals surface area contributed by atoms with Crippen molar-refractivity contribution in [1.82, 2.24) is 4.31 Å². The van der Waals surface area contributed by atoms with E-state index in [-0.39, 0.29) is 25.4 Å². The van der Waals surface area contributed by atoms with Gasteiger partial charge >= 0.3 is 0 Å². The summed E-state index contributed by atoms with van der Waals surface area (Å²) in [5.74, 6) is -0.232. The van der Waals surface area contributed by atoms with Crippen LogP contribution in [0.3, 0.4) is 0 Å². The van der Waals surface area contributed by atoms with Gasteiger partial charge in [-0.3, -0.25) is 4.79 Å². The molecular weight excluding hydrogens is 372 g/mol. The molecular formula is C19H23ClN2O3S. The number of hydrogen-bond acceptors (Lipinski definition) is 3. The van der Waals surface area contributed by atoms with Crippen molar-refractivity contribution in [3.8, 4) is 0 Å². The highest BCUT2D eigenvalue weighted by molar-refractivity contribution is 7.88. The van der Waals surface area contributed by atoms with Crippen LogP contribution in [0.4, 0.5) is 5.69 Å². The van der Waals surface area contributed by atoms with Gasteiger partial charge in [0, 0.05) is 30.2 Å². The third-order valence-corrected chi connectivity index (χ3v) is 5.64. The second-order valence-corrected chi connectivity index (χ2v) is 8.69. The zero-order valence-electron chi connectivity index (χ0n) is 15.1. The molecule has 2 rings (SSSR count). The Morgan fingerprint density at radius 2 is 1.85 bits per heavy atom. The monoisotopic (exact) mass is 394 g/mol. The maximum atomic E-state index is 12.2. The number of rotatable bonds is 7. The van der Waals surface area contributed by atoms with Crippen LogP contribution in [0.1, 0.15) is 23.1 Å². The summed E-state index contributed by atoms with van der Waals surface area (Å²) in [5, 5.41) is 3.33. The molecule has 0 aromatic heterocycles. The number of aryl methyl sites for hydroxylation is 2. The first-order valence-electron chi connectivity index (χ1n) is 8.22. The van der Waals surface area contributed by atoms with E-state index in [4.69, 9.17) is 11.6 Å². The molecule has 0 heterocycles. The number of halogens is 1. The largest absolute Gasteiger partial charge is 0.326 e. The molecule has 0 aliphatic heterocycles. The molecule has 2 aromatic rings. The minimum Gasteiger partial charge on any atom is -0.326 e. The van der Waals surface area contributed by atoms with Crippen molar-refractivity contribution in [3.05, 3.63) is 64.2 Å². The van der Waals surface area contributed by atoms with Gasteiger partial charge in [-0.15, -0.1) is 0 Å². The lowest BCUT2D eigenvalue weighted by atomic mass is 10.1. The number of sulfonamides is 1. The molecule has 1 amide bonds. The van der Waals surface area contributed by atoms with E-state index in [1.54, 1.807) is 24.3 Å². The van der Waals surface area contributed by atoms with Gasteiger partial charge in [-0.1, -0.05) is 47.5 Å². The van der Waals surface area contributed by atoms with Gasteiger partial charge in [0.2, 0.25) is 15.9 Å². The minimum absolute atomic E-state index is 0.0604. The first kappa shape index (κ1) is 20.4. The molecule has 0 unspecified atom stereocenters. The first-order valence-corrected chi connectivity index (χ1v) is 10.4. The highest BCUT2D eigenvalue weighted by atomic mass is 35.5. The summed E-state index contributed by atoms with van der Waals surface area (Å²) in [4.78, 5) is 12.2. The summed E-state index contributed by atoms with van der Waals surface area (Å²) in [6.45, 7) is 4.12. The number of amides is 1. The van der Waals surface area contributed by atoms with Gasteiger partial charge in [-0.25, -0.2) is 8.42 Å². The number of hydrogen-bond donors (Lipinski definition) is 1. The van der Waals surface area contributed by atoms with Crippen LogP contribution in [0, 0.1) is 13.8 Å². The second kappa shape index (κ2) is 8.66. The predicted molar refractivity (Wildman–Crippen MR) is 106 cm³/mol. The molecule has 7 heteroatoms. The van der Waals surface area contributed by atoms with E-state index >= 15 is 0 Å². The quantitative estimate of drug-likeness (QED) is 0.777. The predicted octanol–water partition coefficient (Wildman–Crippen LogP) is 3.75. The van der Waals surface area contributed by atoms with Gasteiger partial charge < -0.3 is 5.32 Å². The summed E-state index contributed by atoms with van der Waals surface area (Å²) in [5.41, 5.74) is 3.52. The molecule has 5 nitrogen and oxygen atoms in total. The van der Waals surface area contributed by atoms with Crippen molar-refractivity contribution >= 4 is 33.2 Å². The summed E-state index contributed by atoms with van der Waals surface area (Å²) < 4.78 is 25.4. The Balaban J connectivity index is 2.03. The van der Waals surface area contributed by atoms with Gasteiger partial charge in [0.1, 0.15) is 0 Å². The summed E-state index contributed by atoms with van der Waals surface area (Å²) in [6, 6.07) is 12.8. The highest BCUT2D eigenvalue weighted by Gasteiger charge is 2.19. The van der Waals surface area contributed by atoms with Crippen molar-refractivity contribution < 1.29 is 13.2 Å². The van der Waals surface area contributed by atoms with Crippen LogP contribution in [0.25, 0.3) is 0 Å². The van der Waals surface area contributed by atoms with Crippen LogP contribution in [0.2, 0.25) is 5.02 Å². The Hall–Kier alpha value is -1.89. The summed E-state index contributed by atoms with van der Waals surface area (Å²) in [6.07, 6.45) is 1.19. The molecule has 0 bridgehead atoms. The van der Waals surface area contributed by atoms with Gasteiger partial charge in [-0.2, -0.15) is 4.31 Å². The van der Waals surface area contributed by atoms with Crippen LogP contribution in [0.15, 0.2) is 42.5 Å². The van der Waals surface area contributed by atoms with E-state index < -0.39 is 10.0 Å². The molecule has 1 N–H and O–H groups in total. The lowest BCUT2D eigenvalue weighted by molar-refractivity contribution is -0.116.